The van der Waals surface area contributed by atoms with Crippen molar-refractivity contribution in [3.63, 3.8) is 0 Å². The van der Waals surface area contributed by atoms with Crippen LogP contribution in [0.2, 0.25) is 0 Å². The zero-order chi connectivity index (χ0) is 16.8. The molecule has 0 unspecified atom stereocenters. The van der Waals surface area contributed by atoms with Crippen LogP contribution in [0, 0.1) is 11.3 Å². The Kier molecular flexibility index (Phi) is 3.18. The van der Waals surface area contributed by atoms with E-state index in [0.717, 1.165) is 15.8 Å². The number of allylic oxidation sites excluding steroid dienone is 1. The Labute approximate surface area is 142 Å². The van der Waals surface area contributed by atoms with E-state index in [1.54, 1.807) is 4.57 Å². The van der Waals surface area contributed by atoms with Crippen LogP contribution in [-0.2, 0) is 0 Å². The zero-order valence-electron chi connectivity index (χ0n) is 12.8. The molecule has 4 rings (SSSR count). The quantitative estimate of drug-likeness (QED) is 0.737. The maximum absolute atomic E-state index is 12.4. The topological polar surface area (TPSA) is 81.0 Å². The minimum atomic E-state index is -0.407. The average molecular weight is 335 g/mol. The van der Waals surface area contributed by atoms with E-state index in [0.29, 0.717) is 17.0 Å². The summed E-state index contributed by atoms with van der Waals surface area (Å²) in [4.78, 5) is 13.3. The number of rotatable bonds is 1. The minimum absolute atomic E-state index is 0.0925. The number of carbonyl (C=O) groups is 1. The highest BCUT2D eigenvalue weighted by atomic mass is 32.1. The molecule has 1 aliphatic rings. The van der Waals surface area contributed by atoms with Crippen LogP contribution in [0.5, 0.6) is 5.75 Å². The van der Waals surface area contributed by atoms with Crippen molar-refractivity contribution in [1.82, 2.24) is 4.57 Å². The second-order valence-electron chi connectivity index (χ2n) is 5.53. The predicted octanol–water partition coefficient (Wildman–Crippen LogP) is 3.58. The predicted molar refractivity (Wildman–Crippen MR) is 91.9 cm³/mol. The number of ether oxygens (including phenoxy) is 1. The van der Waals surface area contributed by atoms with E-state index in [9.17, 15) is 10.1 Å². The Balaban J connectivity index is 2.14. The first-order valence-electron chi connectivity index (χ1n) is 7.38. The maximum atomic E-state index is 12.4. The van der Waals surface area contributed by atoms with Crippen LogP contribution in [0.15, 0.2) is 53.2 Å². The average Bonchev–Trinajstić information content (AvgIpc) is 3.19. The lowest BCUT2D eigenvalue weighted by molar-refractivity contribution is 0.0937. The van der Waals surface area contributed by atoms with Crippen molar-refractivity contribution in [2.75, 3.05) is 0 Å². The summed E-state index contributed by atoms with van der Waals surface area (Å²) < 4.78 is 7.40. The van der Waals surface area contributed by atoms with Crippen LogP contribution >= 0.6 is 11.3 Å². The first-order valence-corrected chi connectivity index (χ1v) is 8.26. The lowest BCUT2D eigenvalue weighted by Crippen LogP contribution is -2.23. The molecule has 0 spiro atoms. The summed E-state index contributed by atoms with van der Waals surface area (Å²) in [6.45, 7) is 1.51. The molecule has 0 aliphatic carbocycles. The molecule has 0 saturated heterocycles. The summed E-state index contributed by atoms with van der Waals surface area (Å²) in [5, 5.41) is 12.4. The molecule has 0 amide bonds. The normalized spacial score (nSPS) is 16.6. The van der Waals surface area contributed by atoms with E-state index in [1.165, 1.54) is 18.3 Å². The molecule has 1 aliphatic heterocycles. The summed E-state index contributed by atoms with van der Waals surface area (Å²) in [6.07, 6.45) is 0. The fourth-order valence-electron chi connectivity index (χ4n) is 3.23. The Bertz CT molecular complexity index is 1040. The van der Waals surface area contributed by atoms with Gasteiger partial charge < -0.3 is 10.5 Å². The third-order valence-corrected chi connectivity index (χ3v) is 5.10. The first kappa shape index (κ1) is 14.5. The molecule has 0 radical (unpaired) electrons. The van der Waals surface area contributed by atoms with E-state index >= 15 is 0 Å². The van der Waals surface area contributed by atoms with Gasteiger partial charge in [-0.1, -0.05) is 18.2 Å². The summed E-state index contributed by atoms with van der Waals surface area (Å²) in [7, 11) is 0. The summed E-state index contributed by atoms with van der Waals surface area (Å²) in [6, 6.07) is 13.5. The van der Waals surface area contributed by atoms with Crippen LogP contribution in [0.25, 0.3) is 10.9 Å². The van der Waals surface area contributed by atoms with Gasteiger partial charge in [0.05, 0.1) is 17.1 Å². The van der Waals surface area contributed by atoms with Gasteiger partial charge in [0, 0.05) is 17.2 Å². The summed E-state index contributed by atoms with van der Waals surface area (Å²) in [5.74, 6) is 0.107. The van der Waals surface area contributed by atoms with Gasteiger partial charge in [-0.3, -0.25) is 9.36 Å². The number of aromatic nitrogens is 1. The van der Waals surface area contributed by atoms with Gasteiger partial charge in [-0.05, 0) is 23.6 Å². The second-order valence-corrected chi connectivity index (χ2v) is 6.51. The number of hydrogen-bond acceptors (Lipinski definition) is 5. The number of nitrogens with two attached hydrogens (primary N) is 1. The molecule has 0 bridgehead atoms. The van der Waals surface area contributed by atoms with E-state index in [4.69, 9.17) is 10.5 Å². The number of nitriles is 1. The van der Waals surface area contributed by atoms with Crippen molar-refractivity contribution in [1.29, 1.82) is 5.26 Å². The largest absolute Gasteiger partial charge is 0.438 e. The second kappa shape index (κ2) is 5.25. The molecule has 1 aromatic carbocycles. The SMILES string of the molecule is CC(=O)n1c2c(c3ccccc31)OC(N)=C(C#N)[C@H]2c1cccs1. The van der Waals surface area contributed by atoms with E-state index in [-0.39, 0.29) is 11.8 Å². The van der Waals surface area contributed by atoms with Gasteiger partial charge in [0.1, 0.15) is 11.6 Å². The molecule has 0 saturated carbocycles. The van der Waals surface area contributed by atoms with Gasteiger partial charge >= 0.3 is 0 Å². The molecule has 24 heavy (non-hydrogen) atoms. The third-order valence-electron chi connectivity index (χ3n) is 4.17. The lowest BCUT2D eigenvalue weighted by atomic mass is 9.92. The monoisotopic (exact) mass is 335 g/mol. The van der Waals surface area contributed by atoms with Crippen LogP contribution in [0.3, 0.4) is 0 Å². The fourth-order valence-corrected chi connectivity index (χ4v) is 4.07. The molecule has 1 atom stereocenters. The number of para-hydroxylation sites is 1. The van der Waals surface area contributed by atoms with Crippen LogP contribution in [-0.4, -0.2) is 10.5 Å². The summed E-state index contributed by atoms with van der Waals surface area (Å²) >= 11 is 1.52. The van der Waals surface area contributed by atoms with Crippen LogP contribution < -0.4 is 10.5 Å². The first-order chi connectivity index (χ1) is 11.6. The van der Waals surface area contributed by atoms with E-state index < -0.39 is 5.92 Å². The van der Waals surface area contributed by atoms with Crippen molar-refractivity contribution >= 4 is 28.1 Å². The molecular formula is C18H13N3O2S. The number of benzene rings is 1. The Morgan fingerprint density at radius 1 is 1.33 bits per heavy atom. The molecule has 5 nitrogen and oxygen atoms in total. The maximum Gasteiger partial charge on any atom is 0.228 e. The highest BCUT2D eigenvalue weighted by Crippen LogP contribution is 2.48. The summed E-state index contributed by atoms with van der Waals surface area (Å²) in [5.41, 5.74) is 7.77. The third kappa shape index (κ3) is 1.88. The van der Waals surface area contributed by atoms with Gasteiger partial charge in [-0.15, -0.1) is 11.3 Å². The van der Waals surface area contributed by atoms with Crippen LogP contribution in [0.1, 0.15) is 28.2 Å². The van der Waals surface area contributed by atoms with Crippen LogP contribution in [0.4, 0.5) is 0 Å². The zero-order valence-corrected chi connectivity index (χ0v) is 13.6. The van der Waals surface area contributed by atoms with Crippen molar-refractivity contribution in [2.45, 2.75) is 12.8 Å². The fraction of sp³-hybridized carbons (Fsp3) is 0.111. The van der Waals surface area contributed by atoms with Gasteiger partial charge in [0.15, 0.2) is 5.75 Å². The van der Waals surface area contributed by atoms with E-state index in [1.807, 2.05) is 41.8 Å². The highest BCUT2D eigenvalue weighted by molar-refractivity contribution is 7.10. The van der Waals surface area contributed by atoms with Gasteiger partial charge in [-0.25, -0.2) is 0 Å². The highest BCUT2D eigenvalue weighted by Gasteiger charge is 2.37. The Morgan fingerprint density at radius 3 is 2.79 bits per heavy atom. The van der Waals surface area contributed by atoms with Crippen molar-refractivity contribution in [2.24, 2.45) is 5.73 Å². The number of hydrogen-bond donors (Lipinski definition) is 1. The smallest absolute Gasteiger partial charge is 0.228 e. The standard InChI is InChI=1S/C18H13N3O2S/c1-10(22)21-13-6-3-2-5-11(13)17-16(21)15(14-7-4-8-24-14)12(9-19)18(20)23-17/h2-8,15H,20H2,1H3/t15-/m0/s1. The Morgan fingerprint density at radius 2 is 2.12 bits per heavy atom. The molecule has 6 heteroatoms. The number of fused-ring (bicyclic) bond motifs is 3. The van der Waals surface area contributed by atoms with Crippen molar-refractivity contribution in [3.05, 3.63) is 63.8 Å². The molecular weight excluding hydrogens is 322 g/mol. The van der Waals surface area contributed by atoms with Gasteiger partial charge in [0.25, 0.3) is 0 Å². The van der Waals surface area contributed by atoms with Gasteiger partial charge in [-0.2, -0.15) is 5.26 Å². The molecule has 2 aromatic heterocycles. The molecule has 3 heterocycles. The van der Waals surface area contributed by atoms with Crippen molar-refractivity contribution in [3.8, 4) is 11.8 Å². The molecule has 0 fully saturated rings. The molecule has 2 N–H and O–H groups in total. The number of carbonyl (C=O) groups excluding carboxylic acids is 1. The van der Waals surface area contributed by atoms with Crippen molar-refractivity contribution < 1.29 is 9.53 Å². The molecule has 3 aromatic rings. The number of nitrogens with zero attached hydrogens (tertiary/aromatic N) is 2. The lowest BCUT2D eigenvalue weighted by Gasteiger charge is -2.24. The van der Waals surface area contributed by atoms with E-state index in [2.05, 4.69) is 6.07 Å². The Hall–Kier alpha value is -3.04. The minimum Gasteiger partial charge on any atom is -0.438 e. The number of thiophene rings is 1. The van der Waals surface area contributed by atoms with Gasteiger partial charge in [0.2, 0.25) is 11.8 Å². The molecule has 118 valence electrons.